The Morgan fingerprint density at radius 2 is 2.11 bits per heavy atom. The molecule has 0 spiro atoms. The number of rotatable bonds is 6. The van der Waals surface area contributed by atoms with Crippen molar-refractivity contribution in [2.75, 3.05) is 12.4 Å². The first kappa shape index (κ1) is 12.9. The van der Waals surface area contributed by atoms with Crippen LogP contribution in [0.4, 0.5) is 0 Å². The number of benzene rings is 1. The van der Waals surface area contributed by atoms with Crippen molar-refractivity contribution in [2.24, 2.45) is 0 Å². The van der Waals surface area contributed by atoms with Crippen LogP contribution in [0.25, 0.3) is 0 Å². The van der Waals surface area contributed by atoms with Gasteiger partial charge < -0.3 is 4.74 Å². The molecular formula is C12H13BrN4OS. The summed E-state index contributed by atoms with van der Waals surface area (Å²) in [5.41, 5.74) is 0. The highest BCUT2D eigenvalue weighted by Gasteiger charge is 2.27. The van der Waals surface area contributed by atoms with Crippen molar-refractivity contribution in [3.05, 3.63) is 28.7 Å². The lowest BCUT2D eigenvalue weighted by Crippen LogP contribution is -2.03. The Morgan fingerprint density at radius 3 is 2.84 bits per heavy atom. The summed E-state index contributed by atoms with van der Waals surface area (Å²) in [6, 6.07) is 8.35. The molecule has 0 bridgehead atoms. The Balaban J connectivity index is 1.45. The first-order valence-electron chi connectivity index (χ1n) is 6.12. The monoisotopic (exact) mass is 340 g/mol. The van der Waals surface area contributed by atoms with E-state index in [1.807, 2.05) is 28.9 Å². The van der Waals surface area contributed by atoms with Gasteiger partial charge in [-0.25, -0.2) is 4.68 Å². The van der Waals surface area contributed by atoms with Gasteiger partial charge >= 0.3 is 0 Å². The normalized spacial score (nSPS) is 14.6. The van der Waals surface area contributed by atoms with Gasteiger partial charge in [0.15, 0.2) is 0 Å². The van der Waals surface area contributed by atoms with Gasteiger partial charge in [-0.2, -0.15) is 0 Å². The molecule has 1 aliphatic rings. The fourth-order valence-electron chi connectivity index (χ4n) is 1.65. The Hall–Kier alpha value is -1.08. The van der Waals surface area contributed by atoms with Gasteiger partial charge in [0.05, 0.1) is 12.6 Å². The highest BCUT2D eigenvalue weighted by Crippen LogP contribution is 2.36. The third kappa shape index (κ3) is 3.48. The van der Waals surface area contributed by atoms with Crippen LogP contribution in [0.3, 0.4) is 0 Å². The van der Waals surface area contributed by atoms with Gasteiger partial charge in [-0.05, 0) is 47.5 Å². The average Bonchev–Trinajstić information content (AvgIpc) is 3.16. The molecule has 1 saturated carbocycles. The smallest absolute Gasteiger partial charge is 0.209 e. The number of aromatic nitrogens is 4. The SMILES string of the molecule is Brc1ccc(OCCSc2nnnn2C2CC2)cc1. The quantitative estimate of drug-likeness (QED) is 0.597. The summed E-state index contributed by atoms with van der Waals surface area (Å²) in [5.74, 6) is 1.72. The van der Waals surface area contributed by atoms with E-state index in [1.165, 1.54) is 12.8 Å². The molecular weight excluding hydrogens is 328 g/mol. The van der Waals surface area contributed by atoms with Gasteiger partial charge in [-0.1, -0.05) is 27.7 Å². The lowest BCUT2D eigenvalue weighted by Gasteiger charge is -2.06. The van der Waals surface area contributed by atoms with Crippen molar-refractivity contribution in [3.8, 4) is 5.75 Å². The van der Waals surface area contributed by atoms with Crippen molar-refractivity contribution >= 4 is 27.7 Å². The third-order valence-electron chi connectivity index (χ3n) is 2.75. The molecule has 1 heterocycles. The van der Waals surface area contributed by atoms with Crippen molar-refractivity contribution in [3.63, 3.8) is 0 Å². The zero-order chi connectivity index (χ0) is 13.1. The molecule has 0 atom stereocenters. The lowest BCUT2D eigenvalue weighted by molar-refractivity contribution is 0.343. The van der Waals surface area contributed by atoms with E-state index in [0.717, 1.165) is 21.1 Å². The van der Waals surface area contributed by atoms with Crippen molar-refractivity contribution < 1.29 is 4.74 Å². The maximum Gasteiger partial charge on any atom is 0.209 e. The summed E-state index contributed by atoms with van der Waals surface area (Å²) in [6.45, 7) is 0.643. The number of ether oxygens (including phenoxy) is 1. The van der Waals surface area contributed by atoms with Gasteiger partial charge in [-0.3, -0.25) is 0 Å². The largest absolute Gasteiger partial charge is 0.493 e. The fraction of sp³-hybridized carbons (Fsp3) is 0.417. The van der Waals surface area contributed by atoms with Crippen LogP contribution in [0, 0.1) is 0 Å². The Morgan fingerprint density at radius 1 is 1.32 bits per heavy atom. The van der Waals surface area contributed by atoms with Gasteiger partial charge in [0.1, 0.15) is 5.75 Å². The van der Waals surface area contributed by atoms with Gasteiger partial charge in [0, 0.05) is 10.2 Å². The minimum Gasteiger partial charge on any atom is -0.493 e. The summed E-state index contributed by atoms with van der Waals surface area (Å²) in [7, 11) is 0. The van der Waals surface area contributed by atoms with Crippen molar-refractivity contribution in [1.82, 2.24) is 20.2 Å². The highest BCUT2D eigenvalue weighted by molar-refractivity contribution is 9.10. The van der Waals surface area contributed by atoms with Crippen LogP contribution in [0.1, 0.15) is 18.9 Å². The van der Waals surface area contributed by atoms with E-state index in [-0.39, 0.29) is 0 Å². The van der Waals surface area contributed by atoms with Crippen LogP contribution in [-0.4, -0.2) is 32.6 Å². The van der Waals surface area contributed by atoms with Gasteiger partial charge in [0.25, 0.3) is 0 Å². The van der Waals surface area contributed by atoms with Crippen LogP contribution < -0.4 is 4.74 Å². The molecule has 0 saturated heterocycles. The molecule has 0 N–H and O–H groups in total. The Bertz CT molecular complexity index is 541. The third-order valence-corrected chi connectivity index (χ3v) is 4.18. The topological polar surface area (TPSA) is 52.8 Å². The zero-order valence-electron chi connectivity index (χ0n) is 10.2. The fourth-order valence-corrected chi connectivity index (χ4v) is 2.68. The van der Waals surface area contributed by atoms with E-state index >= 15 is 0 Å². The predicted molar refractivity (Wildman–Crippen MR) is 76.4 cm³/mol. The van der Waals surface area contributed by atoms with Crippen LogP contribution in [0.2, 0.25) is 0 Å². The molecule has 19 heavy (non-hydrogen) atoms. The van der Waals surface area contributed by atoms with E-state index < -0.39 is 0 Å². The number of hydrogen-bond acceptors (Lipinski definition) is 5. The van der Waals surface area contributed by atoms with E-state index in [0.29, 0.717) is 12.6 Å². The first-order valence-corrected chi connectivity index (χ1v) is 7.90. The van der Waals surface area contributed by atoms with E-state index in [9.17, 15) is 0 Å². The minimum absolute atomic E-state index is 0.518. The summed E-state index contributed by atoms with van der Waals surface area (Å²) >= 11 is 5.03. The molecule has 2 aromatic rings. The predicted octanol–water partition coefficient (Wildman–Crippen LogP) is 2.94. The Labute approximate surface area is 123 Å². The van der Waals surface area contributed by atoms with E-state index in [4.69, 9.17) is 4.74 Å². The number of thioether (sulfide) groups is 1. The summed E-state index contributed by atoms with van der Waals surface area (Å²) in [4.78, 5) is 0. The second-order valence-corrected chi connectivity index (χ2v) is 6.27. The molecule has 1 aromatic carbocycles. The second-order valence-electron chi connectivity index (χ2n) is 4.29. The van der Waals surface area contributed by atoms with Crippen LogP contribution in [0.15, 0.2) is 33.9 Å². The van der Waals surface area contributed by atoms with Crippen molar-refractivity contribution in [2.45, 2.75) is 24.0 Å². The molecule has 0 unspecified atom stereocenters. The molecule has 1 aromatic heterocycles. The van der Waals surface area contributed by atoms with Crippen LogP contribution in [0.5, 0.6) is 5.75 Å². The first-order chi connectivity index (χ1) is 9.33. The number of tetrazole rings is 1. The molecule has 1 fully saturated rings. The van der Waals surface area contributed by atoms with Crippen molar-refractivity contribution in [1.29, 1.82) is 0 Å². The minimum atomic E-state index is 0.518. The molecule has 0 amide bonds. The van der Waals surface area contributed by atoms with Crippen LogP contribution >= 0.6 is 27.7 Å². The second kappa shape index (κ2) is 5.92. The maximum absolute atomic E-state index is 5.66. The average molecular weight is 341 g/mol. The highest BCUT2D eigenvalue weighted by atomic mass is 79.9. The zero-order valence-corrected chi connectivity index (χ0v) is 12.6. The van der Waals surface area contributed by atoms with Gasteiger partial charge in [0.2, 0.25) is 5.16 Å². The molecule has 0 aliphatic heterocycles. The molecule has 0 radical (unpaired) electrons. The molecule has 1 aliphatic carbocycles. The van der Waals surface area contributed by atoms with Gasteiger partial charge in [-0.15, -0.1) is 5.10 Å². The number of nitrogens with zero attached hydrogens (tertiary/aromatic N) is 4. The Kier molecular flexibility index (Phi) is 4.03. The summed E-state index contributed by atoms with van der Waals surface area (Å²) in [5, 5.41) is 12.7. The molecule has 100 valence electrons. The number of hydrogen-bond donors (Lipinski definition) is 0. The summed E-state index contributed by atoms with van der Waals surface area (Å²) < 4.78 is 8.63. The standard InChI is InChI=1S/C12H13BrN4OS/c13-9-1-5-11(6-2-9)18-7-8-19-12-14-15-16-17(12)10-3-4-10/h1-2,5-6,10H,3-4,7-8H2. The molecule has 5 nitrogen and oxygen atoms in total. The van der Waals surface area contributed by atoms with Crippen LogP contribution in [-0.2, 0) is 0 Å². The summed E-state index contributed by atoms with van der Waals surface area (Å²) in [6.07, 6.45) is 2.38. The molecule has 3 rings (SSSR count). The lowest BCUT2D eigenvalue weighted by atomic mass is 10.3. The number of halogens is 1. The molecule has 7 heteroatoms. The van der Waals surface area contributed by atoms with E-state index in [1.54, 1.807) is 11.8 Å². The van der Waals surface area contributed by atoms with E-state index in [2.05, 4.69) is 31.5 Å². The maximum atomic E-state index is 5.66.